The Morgan fingerprint density at radius 1 is 1.14 bits per heavy atom. The molecule has 1 heterocycles. The minimum atomic E-state index is 0.146. The third kappa shape index (κ3) is 2.64. The summed E-state index contributed by atoms with van der Waals surface area (Å²) < 4.78 is 7.91. The van der Waals surface area contributed by atoms with Crippen molar-refractivity contribution < 1.29 is 9.84 Å². The molecule has 0 radical (unpaired) electrons. The van der Waals surface area contributed by atoms with Gasteiger partial charge in [-0.05, 0) is 32.0 Å². The van der Waals surface area contributed by atoms with E-state index in [1.807, 2.05) is 24.3 Å². The van der Waals surface area contributed by atoms with Gasteiger partial charge in [0, 0.05) is 23.2 Å². The van der Waals surface area contributed by atoms with Gasteiger partial charge in [-0.3, -0.25) is 0 Å². The fourth-order valence-electron chi connectivity index (χ4n) is 2.60. The highest BCUT2D eigenvalue weighted by Crippen LogP contribution is 2.32. The maximum absolute atomic E-state index is 9.79. The molecule has 1 aromatic heterocycles. The molecule has 0 bridgehead atoms. The van der Waals surface area contributed by atoms with Gasteiger partial charge in [0.2, 0.25) is 0 Å². The molecule has 0 saturated carbocycles. The van der Waals surface area contributed by atoms with Crippen LogP contribution in [0.2, 0.25) is 5.02 Å². The second kappa shape index (κ2) is 5.93. The number of nitrogens with zero attached hydrogens (tertiary/aromatic N) is 1. The van der Waals surface area contributed by atoms with Gasteiger partial charge in [-0.15, -0.1) is 0 Å². The van der Waals surface area contributed by atoms with E-state index in [2.05, 4.69) is 24.6 Å². The van der Waals surface area contributed by atoms with E-state index in [1.54, 1.807) is 18.2 Å². The lowest BCUT2D eigenvalue weighted by molar-refractivity contribution is 0.290. The fraction of sp³-hybridized carbons (Fsp3) is 0.222. The van der Waals surface area contributed by atoms with Gasteiger partial charge in [0.25, 0.3) is 0 Å². The number of aromatic nitrogens is 1. The molecule has 0 atom stereocenters. The molecule has 4 heteroatoms. The summed E-state index contributed by atoms with van der Waals surface area (Å²) in [6.07, 6.45) is 2.07. The van der Waals surface area contributed by atoms with E-state index in [0.29, 0.717) is 18.4 Å². The Labute approximate surface area is 134 Å². The van der Waals surface area contributed by atoms with E-state index >= 15 is 0 Å². The van der Waals surface area contributed by atoms with Crippen molar-refractivity contribution in [3.05, 3.63) is 59.2 Å². The number of para-hydroxylation sites is 3. The average Bonchev–Trinajstić information content (AvgIpc) is 2.87. The number of hydrogen-bond donors (Lipinski definition) is 1. The molecule has 0 aliphatic heterocycles. The van der Waals surface area contributed by atoms with Crippen molar-refractivity contribution in [1.82, 2.24) is 4.57 Å². The minimum Gasteiger partial charge on any atom is -0.504 e. The third-order valence-electron chi connectivity index (χ3n) is 3.69. The largest absolute Gasteiger partial charge is 0.504 e. The highest BCUT2D eigenvalue weighted by Gasteiger charge is 2.14. The summed E-state index contributed by atoms with van der Waals surface area (Å²) in [5.74, 6) is 0.628. The minimum absolute atomic E-state index is 0.146. The van der Waals surface area contributed by atoms with Crippen molar-refractivity contribution >= 4 is 22.5 Å². The van der Waals surface area contributed by atoms with Gasteiger partial charge >= 0.3 is 0 Å². The Morgan fingerprint density at radius 3 is 2.64 bits per heavy atom. The van der Waals surface area contributed by atoms with Crippen molar-refractivity contribution in [1.29, 1.82) is 0 Å². The quantitative estimate of drug-likeness (QED) is 0.721. The Bertz CT molecular complexity index is 808. The van der Waals surface area contributed by atoms with Crippen LogP contribution in [-0.2, 0) is 6.61 Å². The first-order chi connectivity index (χ1) is 10.6. The second-order valence-corrected chi connectivity index (χ2v) is 5.95. The topological polar surface area (TPSA) is 34.4 Å². The Kier molecular flexibility index (Phi) is 3.99. The molecule has 3 aromatic rings. The number of benzene rings is 2. The molecule has 2 aromatic carbocycles. The number of hydrogen-bond acceptors (Lipinski definition) is 2. The molecule has 0 aliphatic carbocycles. The Hall–Kier alpha value is -2.13. The molecule has 3 nitrogen and oxygen atoms in total. The van der Waals surface area contributed by atoms with Crippen LogP contribution in [0.25, 0.3) is 10.9 Å². The third-order valence-corrected chi connectivity index (χ3v) is 4.00. The molecule has 0 saturated heterocycles. The highest BCUT2D eigenvalue weighted by atomic mass is 35.5. The van der Waals surface area contributed by atoms with Crippen LogP contribution in [0.1, 0.15) is 25.5 Å². The van der Waals surface area contributed by atoms with Crippen molar-refractivity contribution in [3.63, 3.8) is 0 Å². The van der Waals surface area contributed by atoms with Crippen LogP contribution >= 0.6 is 11.6 Å². The first kappa shape index (κ1) is 14.8. The van der Waals surface area contributed by atoms with E-state index in [1.165, 1.54) is 0 Å². The Morgan fingerprint density at radius 2 is 1.91 bits per heavy atom. The maximum atomic E-state index is 9.79. The van der Waals surface area contributed by atoms with Gasteiger partial charge in [-0.25, -0.2) is 0 Å². The van der Waals surface area contributed by atoms with Crippen LogP contribution in [0, 0.1) is 0 Å². The molecule has 0 spiro atoms. The van der Waals surface area contributed by atoms with Gasteiger partial charge < -0.3 is 14.4 Å². The van der Waals surface area contributed by atoms with Gasteiger partial charge in [0.15, 0.2) is 11.5 Å². The fourth-order valence-corrected chi connectivity index (χ4v) is 2.87. The molecule has 0 fully saturated rings. The molecule has 1 N–H and O–H groups in total. The maximum Gasteiger partial charge on any atom is 0.161 e. The molecule has 0 aliphatic rings. The lowest BCUT2D eigenvalue weighted by atomic mass is 10.2. The average molecular weight is 316 g/mol. The summed E-state index contributed by atoms with van der Waals surface area (Å²) in [7, 11) is 0. The predicted molar refractivity (Wildman–Crippen MR) is 89.8 cm³/mol. The summed E-state index contributed by atoms with van der Waals surface area (Å²) >= 11 is 6.36. The standard InChI is InChI=1S/C18H18ClNO2/c1-12(2)20-10-13(14-6-5-7-15(19)18(14)20)11-22-17-9-4-3-8-16(17)21/h3-10,12,21H,11H2,1-2H3. The predicted octanol–water partition coefficient (Wildman–Crippen LogP) is 5.16. The molecular formula is C18H18ClNO2. The summed E-state index contributed by atoms with van der Waals surface area (Å²) in [5, 5.41) is 11.6. The zero-order valence-corrected chi connectivity index (χ0v) is 13.3. The molecule has 0 amide bonds. The summed E-state index contributed by atoms with van der Waals surface area (Å²) in [6.45, 7) is 4.63. The first-order valence-corrected chi connectivity index (χ1v) is 7.64. The SMILES string of the molecule is CC(C)n1cc(COc2ccccc2O)c2cccc(Cl)c21. The Balaban J connectivity index is 1.98. The number of phenolic OH excluding ortho intramolecular Hbond substituents is 1. The van der Waals surface area contributed by atoms with Crippen molar-refractivity contribution in [3.8, 4) is 11.5 Å². The summed E-state index contributed by atoms with van der Waals surface area (Å²) in [6, 6.07) is 13.2. The summed E-state index contributed by atoms with van der Waals surface area (Å²) in [5.41, 5.74) is 2.07. The number of fused-ring (bicyclic) bond motifs is 1. The van der Waals surface area contributed by atoms with Crippen molar-refractivity contribution in [2.24, 2.45) is 0 Å². The number of aromatic hydroxyl groups is 1. The van der Waals surface area contributed by atoms with E-state index in [-0.39, 0.29) is 5.75 Å². The van der Waals surface area contributed by atoms with Crippen LogP contribution in [-0.4, -0.2) is 9.67 Å². The van der Waals surface area contributed by atoms with Gasteiger partial charge in [0.05, 0.1) is 10.5 Å². The first-order valence-electron chi connectivity index (χ1n) is 7.26. The normalized spacial score (nSPS) is 11.3. The lowest BCUT2D eigenvalue weighted by Gasteiger charge is -2.09. The number of rotatable bonds is 4. The molecular weight excluding hydrogens is 298 g/mol. The van der Waals surface area contributed by atoms with Gasteiger partial charge in [-0.1, -0.05) is 35.9 Å². The van der Waals surface area contributed by atoms with Gasteiger partial charge in [-0.2, -0.15) is 0 Å². The van der Waals surface area contributed by atoms with Crippen LogP contribution in [0.4, 0.5) is 0 Å². The summed E-state index contributed by atoms with van der Waals surface area (Å²) in [4.78, 5) is 0. The molecule has 22 heavy (non-hydrogen) atoms. The molecule has 114 valence electrons. The van der Waals surface area contributed by atoms with Crippen LogP contribution in [0.5, 0.6) is 11.5 Å². The van der Waals surface area contributed by atoms with Gasteiger partial charge in [0.1, 0.15) is 6.61 Å². The van der Waals surface area contributed by atoms with E-state index < -0.39 is 0 Å². The van der Waals surface area contributed by atoms with Crippen LogP contribution in [0.3, 0.4) is 0 Å². The van der Waals surface area contributed by atoms with E-state index in [9.17, 15) is 5.11 Å². The van der Waals surface area contributed by atoms with Crippen LogP contribution in [0.15, 0.2) is 48.7 Å². The zero-order valence-electron chi connectivity index (χ0n) is 12.6. The van der Waals surface area contributed by atoms with Crippen molar-refractivity contribution in [2.75, 3.05) is 0 Å². The van der Waals surface area contributed by atoms with E-state index in [4.69, 9.17) is 16.3 Å². The number of phenols is 1. The second-order valence-electron chi connectivity index (χ2n) is 5.55. The van der Waals surface area contributed by atoms with Crippen LogP contribution < -0.4 is 4.74 Å². The lowest BCUT2D eigenvalue weighted by Crippen LogP contribution is -1.99. The van der Waals surface area contributed by atoms with Crippen molar-refractivity contribution in [2.45, 2.75) is 26.5 Å². The smallest absolute Gasteiger partial charge is 0.161 e. The molecule has 3 rings (SSSR count). The monoisotopic (exact) mass is 315 g/mol. The highest BCUT2D eigenvalue weighted by molar-refractivity contribution is 6.35. The molecule has 0 unspecified atom stereocenters. The number of halogens is 1. The zero-order chi connectivity index (χ0) is 15.7. The van der Waals surface area contributed by atoms with E-state index in [0.717, 1.165) is 21.5 Å². The number of ether oxygens (including phenoxy) is 1.